The number of nitro groups is 1. The van der Waals surface area contributed by atoms with Gasteiger partial charge in [-0.05, 0) is 28.1 Å². The van der Waals surface area contributed by atoms with E-state index in [1.54, 1.807) is 0 Å². The van der Waals surface area contributed by atoms with Crippen LogP contribution in [0.4, 0.5) is 16.0 Å². The first-order valence-corrected chi connectivity index (χ1v) is 6.00. The van der Waals surface area contributed by atoms with Crippen molar-refractivity contribution in [3.05, 3.63) is 43.8 Å². The molecule has 0 saturated carbocycles. The SMILES string of the molecule is Nc1nc(Cl)c(Br)c(-c2ccc(F)c([N+](=O)[O-])c2)n1. The highest BCUT2D eigenvalue weighted by atomic mass is 79.9. The van der Waals surface area contributed by atoms with E-state index in [1.165, 1.54) is 6.07 Å². The van der Waals surface area contributed by atoms with E-state index in [1.807, 2.05) is 0 Å². The molecule has 0 unspecified atom stereocenters. The molecule has 0 saturated heterocycles. The van der Waals surface area contributed by atoms with Gasteiger partial charge in [0.15, 0.2) is 0 Å². The Morgan fingerprint density at radius 2 is 2.11 bits per heavy atom. The molecule has 6 nitrogen and oxygen atoms in total. The average Bonchev–Trinajstić information content (AvgIpc) is 2.34. The van der Waals surface area contributed by atoms with Crippen molar-refractivity contribution >= 4 is 39.2 Å². The molecular formula is C10H5BrClFN4O2. The van der Waals surface area contributed by atoms with Gasteiger partial charge in [0, 0.05) is 11.6 Å². The molecule has 0 radical (unpaired) electrons. The van der Waals surface area contributed by atoms with Gasteiger partial charge in [-0.15, -0.1) is 0 Å². The Bertz CT molecular complexity index is 683. The molecule has 0 atom stereocenters. The molecule has 2 rings (SSSR count). The maximum absolute atomic E-state index is 13.3. The molecule has 0 amide bonds. The van der Waals surface area contributed by atoms with Crippen molar-refractivity contribution in [3.8, 4) is 11.3 Å². The fourth-order valence-electron chi connectivity index (χ4n) is 1.43. The van der Waals surface area contributed by atoms with Gasteiger partial charge in [0.1, 0.15) is 5.15 Å². The smallest absolute Gasteiger partial charge is 0.305 e. The summed E-state index contributed by atoms with van der Waals surface area (Å²) in [7, 11) is 0. The van der Waals surface area contributed by atoms with Crippen molar-refractivity contribution in [2.75, 3.05) is 5.73 Å². The highest BCUT2D eigenvalue weighted by molar-refractivity contribution is 9.10. The number of hydrogen-bond donors (Lipinski definition) is 1. The maximum Gasteiger partial charge on any atom is 0.305 e. The fraction of sp³-hybridized carbons (Fsp3) is 0. The molecule has 19 heavy (non-hydrogen) atoms. The molecular weight excluding hydrogens is 342 g/mol. The van der Waals surface area contributed by atoms with Crippen LogP contribution in [-0.4, -0.2) is 14.9 Å². The number of nitrogen functional groups attached to an aromatic ring is 1. The number of rotatable bonds is 2. The second-order valence-corrected chi connectivity index (χ2v) is 4.61. The van der Waals surface area contributed by atoms with Crippen LogP contribution < -0.4 is 5.73 Å². The molecule has 0 fully saturated rings. The van der Waals surface area contributed by atoms with Crippen molar-refractivity contribution in [2.24, 2.45) is 0 Å². The van der Waals surface area contributed by atoms with Crippen LogP contribution in [0.15, 0.2) is 22.7 Å². The van der Waals surface area contributed by atoms with Gasteiger partial charge in [0.2, 0.25) is 11.8 Å². The molecule has 9 heteroatoms. The normalized spacial score (nSPS) is 10.5. The first kappa shape index (κ1) is 13.6. The fourth-order valence-corrected chi connectivity index (χ4v) is 2.01. The third-order valence-corrected chi connectivity index (χ3v) is 3.50. The number of benzene rings is 1. The quantitative estimate of drug-likeness (QED) is 0.511. The molecule has 2 aromatic rings. The van der Waals surface area contributed by atoms with E-state index in [9.17, 15) is 14.5 Å². The summed E-state index contributed by atoms with van der Waals surface area (Å²) >= 11 is 8.97. The van der Waals surface area contributed by atoms with Crippen LogP contribution in [0.25, 0.3) is 11.3 Å². The number of nitro benzene ring substituents is 1. The maximum atomic E-state index is 13.3. The summed E-state index contributed by atoms with van der Waals surface area (Å²) in [5.41, 5.74) is 5.36. The monoisotopic (exact) mass is 346 g/mol. The van der Waals surface area contributed by atoms with Gasteiger partial charge in [-0.25, -0.2) is 9.97 Å². The van der Waals surface area contributed by atoms with E-state index in [-0.39, 0.29) is 16.8 Å². The third-order valence-electron chi connectivity index (χ3n) is 2.24. The summed E-state index contributed by atoms with van der Waals surface area (Å²) in [5, 5.41) is 10.8. The summed E-state index contributed by atoms with van der Waals surface area (Å²) in [6.07, 6.45) is 0. The zero-order valence-corrected chi connectivity index (χ0v) is 11.4. The van der Waals surface area contributed by atoms with Crippen LogP contribution in [0.5, 0.6) is 0 Å². The van der Waals surface area contributed by atoms with Gasteiger partial charge in [0.25, 0.3) is 0 Å². The van der Waals surface area contributed by atoms with E-state index >= 15 is 0 Å². The minimum absolute atomic E-state index is 0.0643. The minimum atomic E-state index is -0.932. The molecule has 1 aromatic heterocycles. The Labute approximate surface area is 119 Å². The average molecular weight is 348 g/mol. The van der Waals surface area contributed by atoms with Crippen LogP contribution in [0.1, 0.15) is 0 Å². The Balaban J connectivity index is 2.66. The highest BCUT2D eigenvalue weighted by Crippen LogP contribution is 2.33. The molecule has 1 heterocycles. The number of nitrogens with zero attached hydrogens (tertiary/aromatic N) is 3. The van der Waals surface area contributed by atoms with E-state index < -0.39 is 16.4 Å². The standard InChI is InChI=1S/C10H5BrClFN4O2/c11-7-8(15-10(14)16-9(7)12)4-1-2-5(13)6(3-4)17(18)19/h1-3H,(H2,14,15,16). The van der Waals surface area contributed by atoms with Crippen LogP contribution in [0.3, 0.4) is 0 Å². The Morgan fingerprint density at radius 3 is 2.74 bits per heavy atom. The topological polar surface area (TPSA) is 94.9 Å². The second-order valence-electron chi connectivity index (χ2n) is 3.46. The Hall–Kier alpha value is -1.80. The number of anilines is 1. The van der Waals surface area contributed by atoms with Crippen LogP contribution in [-0.2, 0) is 0 Å². The van der Waals surface area contributed by atoms with E-state index in [0.717, 1.165) is 12.1 Å². The highest BCUT2D eigenvalue weighted by Gasteiger charge is 2.18. The zero-order valence-electron chi connectivity index (χ0n) is 9.10. The Morgan fingerprint density at radius 1 is 1.42 bits per heavy atom. The van der Waals surface area contributed by atoms with Gasteiger partial charge >= 0.3 is 5.69 Å². The molecule has 2 N–H and O–H groups in total. The van der Waals surface area contributed by atoms with E-state index in [2.05, 4.69) is 25.9 Å². The van der Waals surface area contributed by atoms with Gasteiger partial charge in [0.05, 0.1) is 15.1 Å². The number of hydrogen-bond acceptors (Lipinski definition) is 5. The minimum Gasteiger partial charge on any atom is -0.368 e. The first-order valence-electron chi connectivity index (χ1n) is 4.83. The van der Waals surface area contributed by atoms with Gasteiger partial charge in [-0.2, -0.15) is 4.39 Å². The van der Waals surface area contributed by atoms with E-state index in [4.69, 9.17) is 17.3 Å². The van der Waals surface area contributed by atoms with Crippen molar-refractivity contribution in [3.63, 3.8) is 0 Å². The molecule has 0 bridgehead atoms. The number of halogens is 3. The summed E-state index contributed by atoms with van der Waals surface area (Å²) in [4.78, 5) is 17.5. The lowest BCUT2D eigenvalue weighted by atomic mass is 10.1. The van der Waals surface area contributed by atoms with Crippen molar-refractivity contribution in [2.45, 2.75) is 0 Å². The lowest BCUT2D eigenvalue weighted by Gasteiger charge is -2.06. The molecule has 0 aliphatic carbocycles. The lowest BCUT2D eigenvalue weighted by Crippen LogP contribution is -1.99. The summed E-state index contributed by atoms with van der Waals surface area (Å²) in [6.45, 7) is 0. The second kappa shape index (κ2) is 5.06. The predicted molar refractivity (Wildman–Crippen MR) is 71.2 cm³/mol. The third kappa shape index (κ3) is 2.64. The molecule has 1 aromatic carbocycles. The van der Waals surface area contributed by atoms with Gasteiger partial charge in [-0.3, -0.25) is 10.1 Å². The zero-order chi connectivity index (χ0) is 14.2. The molecule has 0 aliphatic rings. The van der Waals surface area contributed by atoms with E-state index in [0.29, 0.717) is 10.0 Å². The number of aromatic nitrogens is 2. The van der Waals surface area contributed by atoms with Crippen LogP contribution >= 0.6 is 27.5 Å². The van der Waals surface area contributed by atoms with Crippen molar-refractivity contribution in [1.82, 2.24) is 9.97 Å². The Kier molecular flexibility index (Phi) is 3.63. The van der Waals surface area contributed by atoms with Gasteiger partial charge < -0.3 is 5.73 Å². The van der Waals surface area contributed by atoms with Crippen molar-refractivity contribution < 1.29 is 9.31 Å². The molecule has 0 spiro atoms. The largest absolute Gasteiger partial charge is 0.368 e. The summed E-state index contributed by atoms with van der Waals surface area (Å²) in [6, 6.07) is 3.37. The van der Waals surface area contributed by atoms with Crippen molar-refractivity contribution in [1.29, 1.82) is 0 Å². The first-order chi connectivity index (χ1) is 8.90. The van der Waals surface area contributed by atoms with Crippen LogP contribution in [0.2, 0.25) is 5.15 Å². The molecule has 0 aliphatic heterocycles. The van der Waals surface area contributed by atoms with Crippen LogP contribution in [0, 0.1) is 15.9 Å². The summed E-state index contributed by atoms with van der Waals surface area (Å²) < 4.78 is 13.6. The lowest BCUT2D eigenvalue weighted by molar-refractivity contribution is -0.387. The van der Waals surface area contributed by atoms with Gasteiger partial charge in [-0.1, -0.05) is 11.6 Å². The molecule has 98 valence electrons. The number of nitrogens with two attached hydrogens (primary N) is 1. The predicted octanol–water partition coefficient (Wildman–Crippen LogP) is 3.19. The summed E-state index contributed by atoms with van der Waals surface area (Å²) in [5.74, 6) is -1.02.